The normalized spacial score (nSPS) is 11.2. The highest BCUT2D eigenvalue weighted by Crippen LogP contribution is 2.33. The summed E-state index contributed by atoms with van der Waals surface area (Å²) in [7, 11) is 0. The predicted octanol–water partition coefficient (Wildman–Crippen LogP) is 3.52. The Labute approximate surface area is 132 Å². The molecule has 0 atom stereocenters. The molecule has 114 valence electrons. The van der Waals surface area contributed by atoms with Gasteiger partial charge < -0.3 is 15.5 Å². The second kappa shape index (κ2) is 5.81. The molecule has 1 amide bonds. The lowest BCUT2D eigenvalue weighted by atomic mass is 10.1. The van der Waals surface area contributed by atoms with Crippen molar-refractivity contribution in [2.24, 2.45) is 0 Å². The molecule has 3 heterocycles. The van der Waals surface area contributed by atoms with Crippen molar-refractivity contribution in [1.29, 1.82) is 0 Å². The van der Waals surface area contributed by atoms with Crippen molar-refractivity contribution in [2.75, 3.05) is 5.73 Å². The predicted molar refractivity (Wildman–Crippen MR) is 88.0 cm³/mol. The van der Waals surface area contributed by atoms with Crippen molar-refractivity contribution in [3.05, 3.63) is 46.9 Å². The van der Waals surface area contributed by atoms with Gasteiger partial charge in [0.05, 0.1) is 18.5 Å². The molecule has 3 N–H and O–H groups in total. The molecule has 3 aromatic rings. The molecule has 0 aliphatic carbocycles. The molecule has 0 saturated heterocycles. The van der Waals surface area contributed by atoms with Gasteiger partial charge in [-0.15, -0.1) is 11.3 Å². The zero-order valence-electron chi connectivity index (χ0n) is 12.4. The number of rotatable bonds is 4. The van der Waals surface area contributed by atoms with Crippen LogP contribution in [0.2, 0.25) is 0 Å². The number of carbonyl (C=O) groups excluding carboxylic acids is 1. The molecule has 0 radical (unpaired) electrons. The number of fused-ring (bicyclic) bond motifs is 1. The van der Waals surface area contributed by atoms with Gasteiger partial charge in [-0.1, -0.05) is 13.8 Å². The molecular formula is C16H17N3O2S. The van der Waals surface area contributed by atoms with Crippen LogP contribution in [0.15, 0.2) is 34.9 Å². The fourth-order valence-corrected chi connectivity index (χ4v) is 3.18. The Morgan fingerprint density at radius 1 is 1.41 bits per heavy atom. The maximum absolute atomic E-state index is 12.3. The van der Waals surface area contributed by atoms with Gasteiger partial charge in [0.1, 0.15) is 15.5 Å². The summed E-state index contributed by atoms with van der Waals surface area (Å²) in [5.41, 5.74) is 7.58. The summed E-state index contributed by atoms with van der Waals surface area (Å²) in [5, 5.41) is 3.64. The summed E-state index contributed by atoms with van der Waals surface area (Å²) >= 11 is 1.32. The molecule has 6 heteroatoms. The van der Waals surface area contributed by atoms with E-state index in [1.807, 2.05) is 18.2 Å². The van der Waals surface area contributed by atoms with Crippen LogP contribution in [-0.4, -0.2) is 10.9 Å². The van der Waals surface area contributed by atoms with Crippen LogP contribution < -0.4 is 11.1 Å². The number of hydrogen-bond donors (Lipinski definition) is 2. The molecule has 0 spiro atoms. The van der Waals surface area contributed by atoms with Crippen LogP contribution in [-0.2, 0) is 6.54 Å². The number of hydrogen-bond acceptors (Lipinski definition) is 5. The summed E-state index contributed by atoms with van der Waals surface area (Å²) in [5.74, 6) is 0.834. The number of nitrogens with zero attached hydrogens (tertiary/aromatic N) is 1. The SMILES string of the molecule is CC(C)c1ccc2c(N)c(C(=O)NCc3ccco3)sc2n1. The minimum Gasteiger partial charge on any atom is -0.467 e. The van der Waals surface area contributed by atoms with Gasteiger partial charge in [-0.05, 0) is 30.2 Å². The highest BCUT2D eigenvalue weighted by atomic mass is 32.1. The van der Waals surface area contributed by atoms with E-state index in [9.17, 15) is 4.79 Å². The first-order valence-electron chi connectivity index (χ1n) is 7.05. The molecule has 3 aromatic heterocycles. The highest BCUT2D eigenvalue weighted by molar-refractivity contribution is 7.21. The molecule has 0 unspecified atom stereocenters. The zero-order chi connectivity index (χ0) is 15.7. The van der Waals surface area contributed by atoms with E-state index in [2.05, 4.69) is 24.1 Å². The molecule has 0 bridgehead atoms. The average molecular weight is 315 g/mol. The van der Waals surface area contributed by atoms with Crippen molar-refractivity contribution in [2.45, 2.75) is 26.3 Å². The van der Waals surface area contributed by atoms with E-state index in [1.54, 1.807) is 12.3 Å². The number of nitrogens with one attached hydrogen (secondary N) is 1. The Hall–Kier alpha value is -2.34. The maximum atomic E-state index is 12.3. The zero-order valence-corrected chi connectivity index (χ0v) is 13.2. The van der Waals surface area contributed by atoms with Crippen LogP contribution in [0.5, 0.6) is 0 Å². The number of aromatic nitrogens is 1. The van der Waals surface area contributed by atoms with Crippen LogP contribution in [0.3, 0.4) is 0 Å². The number of nitrogen functional groups attached to an aromatic ring is 1. The monoisotopic (exact) mass is 315 g/mol. The standard InChI is InChI=1S/C16H17N3O2S/c1-9(2)12-6-5-11-13(17)14(22-16(11)19-12)15(20)18-8-10-4-3-7-21-10/h3-7,9H,8,17H2,1-2H3,(H,18,20). The lowest BCUT2D eigenvalue weighted by Crippen LogP contribution is -2.22. The number of carbonyl (C=O) groups is 1. The van der Waals surface area contributed by atoms with Crippen LogP contribution in [0.4, 0.5) is 5.69 Å². The number of amides is 1. The molecule has 0 aromatic carbocycles. The number of thiophene rings is 1. The number of anilines is 1. The number of pyridine rings is 1. The van der Waals surface area contributed by atoms with Gasteiger partial charge in [-0.3, -0.25) is 4.79 Å². The summed E-state index contributed by atoms with van der Waals surface area (Å²) in [4.78, 5) is 18.2. The van der Waals surface area contributed by atoms with Crippen LogP contribution in [0.1, 0.15) is 40.9 Å². The maximum Gasteiger partial charge on any atom is 0.263 e. The Morgan fingerprint density at radius 2 is 2.23 bits per heavy atom. The van der Waals surface area contributed by atoms with Gasteiger partial charge in [-0.25, -0.2) is 4.98 Å². The average Bonchev–Trinajstić information content (AvgIpc) is 3.12. The lowest BCUT2D eigenvalue weighted by molar-refractivity contribution is 0.0953. The first-order valence-corrected chi connectivity index (χ1v) is 7.87. The molecule has 0 fully saturated rings. The van der Waals surface area contributed by atoms with E-state index in [0.29, 0.717) is 28.8 Å². The largest absolute Gasteiger partial charge is 0.467 e. The third kappa shape index (κ3) is 2.69. The Balaban J connectivity index is 1.86. The summed E-state index contributed by atoms with van der Waals surface area (Å²) < 4.78 is 5.20. The van der Waals surface area contributed by atoms with E-state index < -0.39 is 0 Å². The molecule has 0 aliphatic rings. The van der Waals surface area contributed by atoms with E-state index >= 15 is 0 Å². The first-order chi connectivity index (χ1) is 10.6. The van der Waals surface area contributed by atoms with Gasteiger partial charge in [0.15, 0.2) is 0 Å². The Kier molecular flexibility index (Phi) is 3.85. The number of furan rings is 1. The molecule has 5 nitrogen and oxygen atoms in total. The second-order valence-corrected chi connectivity index (χ2v) is 6.35. The molecule has 22 heavy (non-hydrogen) atoms. The summed E-state index contributed by atoms with van der Waals surface area (Å²) in [6, 6.07) is 7.49. The van der Waals surface area contributed by atoms with E-state index in [0.717, 1.165) is 15.9 Å². The van der Waals surface area contributed by atoms with E-state index in [1.165, 1.54) is 11.3 Å². The molecular weight excluding hydrogens is 298 g/mol. The van der Waals surface area contributed by atoms with Crippen molar-refractivity contribution < 1.29 is 9.21 Å². The van der Waals surface area contributed by atoms with Crippen molar-refractivity contribution in [1.82, 2.24) is 10.3 Å². The third-order valence-electron chi connectivity index (χ3n) is 3.42. The van der Waals surface area contributed by atoms with Crippen LogP contribution >= 0.6 is 11.3 Å². The minimum absolute atomic E-state index is 0.206. The van der Waals surface area contributed by atoms with Crippen molar-refractivity contribution >= 4 is 33.1 Å². The third-order valence-corrected chi connectivity index (χ3v) is 4.53. The van der Waals surface area contributed by atoms with Gasteiger partial charge in [0, 0.05) is 11.1 Å². The fourth-order valence-electron chi connectivity index (χ4n) is 2.16. The minimum atomic E-state index is -0.206. The van der Waals surface area contributed by atoms with Gasteiger partial charge in [-0.2, -0.15) is 0 Å². The van der Waals surface area contributed by atoms with Crippen LogP contribution in [0.25, 0.3) is 10.2 Å². The van der Waals surface area contributed by atoms with Gasteiger partial charge in [0.2, 0.25) is 0 Å². The quantitative estimate of drug-likeness (QED) is 0.772. The fraction of sp³-hybridized carbons (Fsp3) is 0.250. The van der Waals surface area contributed by atoms with Crippen molar-refractivity contribution in [3.8, 4) is 0 Å². The Bertz CT molecular complexity index is 806. The lowest BCUT2D eigenvalue weighted by Gasteiger charge is -2.03. The summed E-state index contributed by atoms with van der Waals surface area (Å²) in [6.45, 7) is 4.51. The topological polar surface area (TPSA) is 81.2 Å². The van der Waals surface area contributed by atoms with E-state index in [-0.39, 0.29) is 5.91 Å². The van der Waals surface area contributed by atoms with Crippen LogP contribution in [0, 0.1) is 0 Å². The molecule has 0 saturated carbocycles. The second-order valence-electron chi connectivity index (χ2n) is 5.35. The first kappa shape index (κ1) is 14.6. The molecule has 3 rings (SSSR count). The highest BCUT2D eigenvalue weighted by Gasteiger charge is 2.18. The molecule has 0 aliphatic heterocycles. The number of nitrogens with two attached hydrogens (primary N) is 1. The van der Waals surface area contributed by atoms with E-state index in [4.69, 9.17) is 10.2 Å². The van der Waals surface area contributed by atoms with Gasteiger partial charge >= 0.3 is 0 Å². The Morgan fingerprint density at radius 3 is 2.91 bits per heavy atom. The van der Waals surface area contributed by atoms with Crippen molar-refractivity contribution in [3.63, 3.8) is 0 Å². The van der Waals surface area contributed by atoms with Gasteiger partial charge in [0.25, 0.3) is 5.91 Å². The smallest absolute Gasteiger partial charge is 0.263 e. The summed E-state index contributed by atoms with van der Waals surface area (Å²) in [6.07, 6.45) is 1.58.